The van der Waals surface area contributed by atoms with Crippen molar-refractivity contribution in [2.24, 2.45) is 5.92 Å². The first-order valence-electron chi connectivity index (χ1n) is 7.79. The summed E-state index contributed by atoms with van der Waals surface area (Å²) in [5.41, 5.74) is 0.997. The molecular formula is C16H23N3O3. The van der Waals surface area contributed by atoms with E-state index in [0.717, 1.165) is 36.7 Å². The molecule has 0 unspecified atom stereocenters. The van der Waals surface area contributed by atoms with Crippen LogP contribution in [0, 0.1) is 5.92 Å². The van der Waals surface area contributed by atoms with Crippen LogP contribution in [0.15, 0.2) is 18.2 Å². The zero-order chi connectivity index (χ0) is 15.4. The first kappa shape index (κ1) is 15.0. The van der Waals surface area contributed by atoms with Crippen LogP contribution in [-0.4, -0.2) is 44.4 Å². The van der Waals surface area contributed by atoms with Crippen molar-refractivity contribution in [3.05, 3.63) is 23.8 Å². The molecule has 1 atom stereocenters. The second-order valence-electron chi connectivity index (χ2n) is 6.02. The summed E-state index contributed by atoms with van der Waals surface area (Å²) >= 11 is 0. The van der Waals surface area contributed by atoms with Crippen LogP contribution in [-0.2, 0) is 6.54 Å². The molecule has 6 nitrogen and oxygen atoms in total. The SMILES string of the molecule is CN1CCC[C@@H](CNC(=O)NCc2ccc3c(c2)OCO3)C1. The van der Waals surface area contributed by atoms with Gasteiger partial charge in [-0.25, -0.2) is 4.79 Å². The molecule has 1 aromatic carbocycles. The van der Waals surface area contributed by atoms with Crippen LogP contribution in [0.1, 0.15) is 18.4 Å². The fourth-order valence-corrected chi connectivity index (χ4v) is 2.97. The van der Waals surface area contributed by atoms with Gasteiger partial charge in [-0.1, -0.05) is 6.07 Å². The summed E-state index contributed by atoms with van der Waals surface area (Å²) in [5, 5.41) is 5.84. The Bertz CT molecular complexity index is 535. The second-order valence-corrected chi connectivity index (χ2v) is 6.02. The number of nitrogens with one attached hydrogen (secondary N) is 2. The predicted molar refractivity (Wildman–Crippen MR) is 83.0 cm³/mol. The van der Waals surface area contributed by atoms with Crippen molar-refractivity contribution in [3.63, 3.8) is 0 Å². The molecule has 2 amide bonds. The summed E-state index contributed by atoms with van der Waals surface area (Å²) < 4.78 is 10.6. The number of ether oxygens (including phenoxy) is 2. The van der Waals surface area contributed by atoms with Gasteiger partial charge < -0.3 is 25.0 Å². The first-order valence-corrected chi connectivity index (χ1v) is 7.79. The summed E-state index contributed by atoms with van der Waals surface area (Å²) in [7, 11) is 2.13. The van der Waals surface area contributed by atoms with Gasteiger partial charge in [0.2, 0.25) is 6.79 Å². The Morgan fingerprint density at radius 1 is 1.32 bits per heavy atom. The third kappa shape index (κ3) is 3.82. The molecule has 0 bridgehead atoms. The van der Waals surface area contributed by atoms with Gasteiger partial charge in [0.25, 0.3) is 0 Å². The molecule has 0 saturated carbocycles. The number of benzene rings is 1. The fourth-order valence-electron chi connectivity index (χ4n) is 2.97. The van der Waals surface area contributed by atoms with Gasteiger partial charge >= 0.3 is 6.03 Å². The molecule has 1 aromatic rings. The van der Waals surface area contributed by atoms with Gasteiger partial charge in [-0.15, -0.1) is 0 Å². The van der Waals surface area contributed by atoms with Crippen LogP contribution in [0.2, 0.25) is 0 Å². The van der Waals surface area contributed by atoms with E-state index < -0.39 is 0 Å². The number of carbonyl (C=O) groups excluding carboxylic acids is 1. The van der Waals surface area contributed by atoms with Gasteiger partial charge in [0.15, 0.2) is 11.5 Å². The number of amides is 2. The van der Waals surface area contributed by atoms with E-state index in [9.17, 15) is 4.79 Å². The zero-order valence-electron chi connectivity index (χ0n) is 12.9. The minimum absolute atomic E-state index is 0.120. The summed E-state index contributed by atoms with van der Waals surface area (Å²) in [6.45, 7) is 3.70. The third-order valence-corrected chi connectivity index (χ3v) is 4.16. The molecule has 0 aliphatic carbocycles. The van der Waals surface area contributed by atoms with Crippen molar-refractivity contribution in [1.82, 2.24) is 15.5 Å². The maximum atomic E-state index is 11.9. The number of piperidine rings is 1. The van der Waals surface area contributed by atoms with E-state index in [0.29, 0.717) is 12.5 Å². The number of hydrogen-bond donors (Lipinski definition) is 2. The minimum atomic E-state index is -0.120. The molecule has 0 radical (unpaired) electrons. The van der Waals surface area contributed by atoms with Crippen LogP contribution >= 0.6 is 0 Å². The number of hydrogen-bond acceptors (Lipinski definition) is 4. The lowest BCUT2D eigenvalue weighted by molar-refractivity contribution is 0.174. The Morgan fingerprint density at radius 3 is 3.05 bits per heavy atom. The Balaban J connectivity index is 1.40. The maximum Gasteiger partial charge on any atom is 0.315 e. The van der Waals surface area contributed by atoms with Gasteiger partial charge in [0, 0.05) is 19.6 Å². The zero-order valence-corrected chi connectivity index (χ0v) is 12.9. The molecule has 1 saturated heterocycles. The first-order chi connectivity index (χ1) is 10.7. The lowest BCUT2D eigenvalue weighted by atomic mass is 9.99. The van der Waals surface area contributed by atoms with Crippen molar-refractivity contribution < 1.29 is 14.3 Å². The van der Waals surface area contributed by atoms with Crippen LogP contribution in [0.4, 0.5) is 4.79 Å². The van der Waals surface area contributed by atoms with E-state index in [4.69, 9.17) is 9.47 Å². The molecule has 0 spiro atoms. The molecule has 2 aliphatic heterocycles. The van der Waals surface area contributed by atoms with Crippen molar-refractivity contribution in [2.75, 3.05) is 33.5 Å². The fraction of sp³-hybridized carbons (Fsp3) is 0.562. The molecule has 1 fully saturated rings. The highest BCUT2D eigenvalue weighted by atomic mass is 16.7. The number of fused-ring (bicyclic) bond motifs is 1. The van der Waals surface area contributed by atoms with Crippen molar-refractivity contribution >= 4 is 6.03 Å². The number of likely N-dealkylation sites (tertiary alicyclic amines) is 1. The number of rotatable bonds is 4. The van der Waals surface area contributed by atoms with Gasteiger partial charge in [0.1, 0.15) is 0 Å². The standard InChI is InChI=1S/C16H23N3O3/c1-19-6-2-3-13(10-19)9-18-16(20)17-8-12-4-5-14-15(7-12)22-11-21-14/h4-5,7,13H,2-3,6,8-11H2,1H3,(H2,17,18,20)/t13-/m0/s1. The summed E-state index contributed by atoms with van der Waals surface area (Å²) in [5.74, 6) is 2.05. The van der Waals surface area contributed by atoms with Crippen LogP contribution in [0.5, 0.6) is 11.5 Å². The predicted octanol–water partition coefficient (Wildman–Crippen LogP) is 1.56. The van der Waals surface area contributed by atoms with Crippen molar-refractivity contribution in [1.29, 1.82) is 0 Å². The van der Waals surface area contributed by atoms with Crippen LogP contribution in [0.25, 0.3) is 0 Å². The van der Waals surface area contributed by atoms with Gasteiger partial charge in [-0.3, -0.25) is 0 Å². The van der Waals surface area contributed by atoms with Crippen molar-refractivity contribution in [2.45, 2.75) is 19.4 Å². The Labute approximate surface area is 130 Å². The van der Waals surface area contributed by atoms with E-state index in [2.05, 4.69) is 22.6 Å². The number of carbonyl (C=O) groups is 1. The van der Waals surface area contributed by atoms with E-state index in [1.807, 2.05) is 18.2 Å². The Kier molecular flexibility index (Phi) is 4.68. The van der Waals surface area contributed by atoms with E-state index in [1.165, 1.54) is 12.8 Å². The third-order valence-electron chi connectivity index (χ3n) is 4.16. The molecule has 3 rings (SSSR count). The average Bonchev–Trinajstić information content (AvgIpc) is 2.98. The van der Waals surface area contributed by atoms with Crippen LogP contribution in [0.3, 0.4) is 0 Å². The Morgan fingerprint density at radius 2 is 2.18 bits per heavy atom. The highest BCUT2D eigenvalue weighted by molar-refractivity contribution is 5.73. The largest absolute Gasteiger partial charge is 0.454 e. The normalized spacial score (nSPS) is 20.7. The number of urea groups is 1. The second kappa shape index (κ2) is 6.87. The van der Waals surface area contributed by atoms with Gasteiger partial charge in [0.05, 0.1) is 0 Å². The molecule has 120 valence electrons. The minimum Gasteiger partial charge on any atom is -0.454 e. The van der Waals surface area contributed by atoms with Crippen molar-refractivity contribution in [3.8, 4) is 11.5 Å². The monoisotopic (exact) mass is 305 g/mol. The molecule has 6 heteroatoms. The summed E-state index contributed by atoms with van der Waals surface area (Å²) in [6.07, 6.45) is 2.40. The summed E-state index contributed by atoms with van der Waals surface area (Å²) in [4.78, 5) is 14.2. The topological polar surface area (TPSA) is 62.8 Å². The lowest BCUT2D eigenvalue weighted by Crippen LogP contribution is -2.42. The highest BCUT2D eigenvalue weighted by Gasteiger charge is 2.17. The average molecular weight is 305 g/mol. The van der Waals surface area contributed by atoms with E-state index in [1.54, 1.807) is 0 Å². The highest BCUT2D eigenvalue weighted by Crippen LogP contribution is 2.32. The Hall–Kier alpha value is -1.95. The maximum absolute atomic E-state index is 11.9. The summed E-state index contributed by atoms with van der Waals surface area (Å²) in [6, 6.07) is 5.59. The molecular weight excluding hydrogens is 282 g/mol. The molecule has 22 heavy (non-hydrogen) atoms. The molecule has 2 N–H and O–H groups in total. The molecule has 2 aliphatic rings. The van der Waals surface area contributed by atoms with Gasteiger partial charge in [-0.2, -0.15) is 0 Å². The number of nitrogens with zero attached hydrogens (tertiary/aromatic N) is 1. The quantitative estimate of drug-likeness (QED) is 0.886. The van der Waals surface area contributed by atoms with Crippen LogP contribution < -0.4 is 20.1 Å². The smallest absolute Gasteiger partial charge is 0.315 e. The lowest BCUT2D eigenvalue weighted by Gasteiger charge is -2.29. The van der Waals surface area contributed by atoms with E-state index in [-0.39, 0.29) is 12.8 Å². The molecule has 0 aromatic heterocycles. The van der Waals surface area contributed by atoms with E-state index >= 15 is 0 Å². The molecule has 2 heterocycles. The van der Waals surface area contributed by atoms with Gasteiger partial charge in [-0.05, 0) is 50.0 Å².